The van der Waals surface area contributed by atoms with E-state index in [1.54, 1.807) is 16.0 Å². The van der Waals surface area contributed by atoms with Crippen molar-refractivity contribution in [1.82, 2.24) is 30.1 Å². The standard InChI is InChI=1S/C20H18N6OS/c27-20(15-5-7-16(8-6-15)26-13-21-23-24-26)25-11-9-14(10-12-25)19-22-17-3-1-2-4-18(17)28-19/h1-8,13-14H,9-12H2. The number of carbonyl (C=O) groups excluding carboxylic acids is 1. The lowest BCUT2D eigenvalue weighted by molar-refractivity contribution is 0.0713. The highest BCUT2D eigenvalue weighted by Gasteiger charge is 2.26. The van der Waals surface area contributed by atoms with Crippen LogP contribution in [-0.2, 0) is 0 Å². The zero-order chi connectivity index (χ0) is 18.9. The number of para-hydroxylation sites is 1. The summed E-state index contributed by atoms with van der Waals surface area (Å²) < 4.78 is 2.80. The minimum atomic E-state index is 0.0750. The first-order chi connectivity index (χ1) is 13.8. The molecule has 3 heterocycles. The molecule has 1 aliphatic rings. The van der Waals surface area contributed by atoms with Crippen LogP contribution in [0.25, 0.3) is 15.9 Å². The van der Waals surface area contributed by atoms with Gasteiger partial charge in [0.1, 0.15) is 6.33 Å². The molecule has 7 nitrogen and oxygen atoms in total. The number of carbonyl (C=O) groups is 1. The highest BCUT2D eigenvalue weighted by Crippen LogP contribution is 2.34. The number of benzene rings is 2. The van der Waals surface area contributed by atoms with Crippen LogP contribution in [0.3, 0.4) is 0 Å². The number of aromatic nitrogens is 5. The maximum atomic E-state index is 12.8. The highest BCUT2D eigenvalue weighted by molar-refractivity contribution is 7.18. The van der Waals surface area contributed by atoms with E-state index in [0.29, 0.717) is 11.5 Å². The first-order valence-corrected chi connectivity index (χ1v) is 10.1. The fourth-order valence-corrected chi connectivity index (χ4v) is 4.75. The van der Waals surface area contributed by atoms with Crippen molar-refractivity contribution in [3.63, 3.8) is 0 Å². The van der Waals surface area contributed by atoms with Gasteiger partial charge in [0.25, 0.3) is 5.91 Å². The van der Waals surface area contributed by atoms with Gasteiger partial charge in [-0.1, -0.05) is 12.1 Å². The van der Waals surface area contributed by atoms with Crippen molar-refractivity contribution < 1.29 is 4.79 Å². The Labute approximate surface area is 165 Å². The van der Waals surface area contributed by atoms with Gasteiger partial charge < -0.3 is 4.90 Å². The molecule has 140 valence electrons. The third kappa shape index (κ3) is 3.16. The molecule has 0 spiro atoms. The minimum absolute atomic E-state index is 0.0750. The van der Waals surface area contributed by atoms with Gasteiger partial charge in [-0.05, 0) is 59.7 Å². The summed E-state index contributed by atoms with van der Waals surface area (Å²) in [6, 6.07) is 15.6. The molecule has 0 atom stereocenters. The number of amides is 1. The molecule has 5 rings (SSSR count). The van der Waals surface area contributed by atoms with Gasteiger partial charge in [0.05, 0.1) is 20.9 Å². The Bertz CT molecular complexity index is 1060. The molecule has 1 saturated heterocycles. The second kappa shape index (κ2) is 7.12. The molecule has 1 aliphatic heterocycles. The largest absolute Gasteiger partial charge is 0.339 e. The summed E-state index contributed by atoms with van der Waals surface area (Å²) in [4.78, 5) is 19.6. The second-order valence-corrected chi connectivity index (χ2v) is 7.95. The normalized spacial score (nSPS) is 15.2. The molecule has 0 unspecified atom stereocenters. The summed E-state index contributed by atoms with van der Waals surface area (Å²) in [6.07, 6.45) is 3.44. The van der Waals surface area contributed by atoms with E-state index in [1.807, 2.05) is 35.2 Å². The summed E-state index contributed by atoms with van der Waals surface area (Å²) in [5, 5.41) is 12.3. The second-order valence-electron chi connectivity index (χ2n) is 6.89. The summed E-state index contributed by atoms with van der Waals surface area (Å²) in [7, 11) is 0. The van der Waals surface area contributed by atoms with Gasteiger partial charge >= 0.3 is 0 Å². The van der Waals surface area contributed by atoms with Crippen molar-refractivity contribution in [2.24, 2.45) is 0 Å². The van der Waals surface area contributed by atoms with E-state index in [-0.39, 0.29) is 5.91 Å². The quantitative estimate of drug-likeness (QED) is 0.536. The maximum absolute atomic E-state index is 12.8. The summed E-state index contributed by atoms with van der Waals surface area (Å²) in [6.45, 7) is 1.52. The van der Waals surface area contributed by atoms with Crippen LogP contribution in [0, 0.1) is 0 Å². The molecule has 4 aromatic rings. The van der Waals surface area contributed by atoms with E-state index in [9.17, 15) is 4.79 Å². The highest BCUT2D eigenvalue weighted by atomic mass is 32.1. The number of thiazole rings is 1. The number of fused-ring (bicyclic) bond motifs is 1. The number of nitrogens with zero attached hydrogens (tertiary/aromatic N) is 6. The average Bonchev–Trinajstić information content (AvgIpc) is 3.43. The first-order valence-electron chi connectivity index (χ1n) is 9.26. The molecule has 28 heavy (non-hydrogen) atoms. The lowest BCUT2D eigenvalue weighted by atomic mass is 9.97. The van der Waals surface area contributed by atoms with Gasteiger partial charge in [-0.15, -0.1) is 16.4 Å². The smallest absolute Gasteiger partial charge is 0.253 e. The number of tetrazole rings is 1. The van der Waals surface area contributed by atoms with Crippen LogP contribution >= 0.6 is 11.3 Å². The van der Waals surface area contributed by atoms with Crippen LogP contribution in [0.4, 0.5) is 0 Å². The third-order valence-corrected chi connectivity index (χ3v) is 6.37. The van der Waals surface area contributed by atoms with E-state index in [1.165, 1.54) is 16.0 Å². The van der Waals surface area contributed by atoms with Gasteiger partial charge in [0.15, 0.2) is 0 Å². The molecular weight excluding hydrogens is 372 g/mol. The predicted octanol–water partition coefficient (Wildman–Crippen LogP) is 3.29. The molecule has 2 aromatic heterocycles. The van der Waals surface area contributed by atoms with Crippen LogP contribution in [-0.4, -0.2) is 49.1 Å². The Morgan fingerprint density at radius 1 is 1.04 bits per heavy atom. The molecule has 1 amide bonds. The molecule has 0 bridgehead atoms. The van der Waals surface area contributed by atoms with Gasteiger partial charge in [-0.2, -0.15) is 0 Å². The van der Waals surface area contributed by atoms with Crippen LogP contribution in [0.15, 0.2) is 54.9 Å². The SMILES string of the molecule is O=C(c1ccc(-n2cnnn2)cc1)N1CCC(c2nc3ccccc3s2)CC1. The topological polar surface area (TPSA) is 76.8 Å². The van der Waals surface area contributed by atoms with Gasteiger partial charge in [0.2, 0.25) is 0 Å². The van der Waals surface area contributed by atoms with E-state index in [4.69, 9.17) is 4.98 Å². The Morgan fingerprint density at radius 2 is 1.82 bits per heavy atom. The monoisotopic (exact) mass is 390 g/mol. The summed E-state index contributed by atoms with van der Waals surface area (Å²) >= 11 is 1.78. The zero-order valence-electron chi connectivity index (χ0n) is 15.1. The van der Waals surface area contributed by atoms with Gasteiger partial charge in [-0.3, -0.25) is 4.79 Å². The lowest BCUT2D eigenvalue weighted by Crippen LogP contribution is -2.37. The molecule has 0 saturated carbocycles. The molecule has 1 fully saturated rings. The van der Waals surface area contributed by atoms with Crippen LogP contribution < -0.4 is 0 Å². The van der Waals surface area contributed by atoms with Crippen LogP contribution in [0.2, 0.25) is 0 Å². The Balaban J connectivity index is 1.25. The van der Waals surface area contributed by atoms with Crippen molar-refractivity contribution >= 4 is 27.5 Å². The molecule has 0 N–H and O–H groups in total. The van der Waals surface area contributed by atoms with Crippen LogP contribution in [0.5, 0.6) is 0 Å². The number of rotatable bonds is 3. The summed E-state index contributed by atoms with van der Waals surface area (Å²) in [5.74, 6) is 0.509. The minimum Gasteiger partial charge on any atom is -0.339 e. The first kappa shape index (κ1) is 17.0. The van der Waals surface area contributed by atoms with Crippen molar-refractivity contribution in [2.75, 3.05) is 13.1 Å². The van der Waals surface area contributed by atoms with Crippen molar-refractivity contribution in [3.8, 4) is 5.69 Å². The zero-order valence-corrected chi connectivity index (χ0v) is 15.9. The van der Waals surface area contributed by atoms with E-state index in [0.717, 1.165) is 37.1 Å². The molecule has 8 heteroatoms. The fraction of sp³-hybridized carbons (Fsp3) is 0.250. The van der Waals surface area contributed by atoms with E-state index >= 15 is 0 Å². The van der Waals surface area contributed by atoms with E-state index in [2.05, 4.69) is 33.7 Å². The third-order valence-electron chi connectivity index (χ3n) is 5.17. The average molecular weight is 390 g/mol. The van der Waals surface area contributed by atoms with Crippen LogP contribution in [0.1, 0.15) is 34.1 Å². The van der Waals surface area contributed by atoms with Crippen molar-refractivity contribution in [1.29, 1.82) is 0 Å². The fourth-order valence-electron chi connectivity index (χ4n) is 3.61. The maximum Gasteiger partial charge on any atom is 0.253 e. The molecule has 0 radical (unpaired) electrons. The predicted molar refractivity (Wildman–Crippen MR) is 107 cm³/mol. The van der Waals surface area contributed by atoms with Gasteiger partial charge in [0, 0.05) is 24.6 Å². The Morgan fingerprint density at radius 3 is 2.54 bits per heavy atom. The number of likely N-dealkylation sites (tertiary alicyclic amines) is 1. The molecular formula is C20H18N6OS. The molecule has 0 aliphatic carbocycles. The number of piperidine rings is 1. The Hall–Kier alpha value is -3.13. The van der Waals surface area contributed by atoms with Crippen molar-refractivity contribution in [3.05, 3.63) is 65.4 Å². The summed E-state index contributed by atoms with van der Waals surface area (Å²) in [5.41, 5.74) is 2.59. The van der Waals surface area contributed by atoms with Crippen molar-refractivity contribution in [2.45, 2.75) is 18.8 Å². The van der Waals surface area contributed by atoms with Gasteiger partial charge in [-0.25, -0.2) is 9.67 Å². The number of hydrogen-bond donors (Lipinski definition) is 0. The lowest BCUT2D eigenvalue weighted by Gasteiger charge is -2.31. The molecule has 2 aromatic carbocycles. The van der Waals surface area contributed by atoms with E-state index < -0.39 is 0 Å². The Kier molecular flexibility index (Phi) is 4.32. The number of hydrogen-bond acceptors (Lipinski definition) is 6.